The fourth-order valence-corrected chi connectivity index (χ4v) is 1.95. The normalized spacial score (nSPS) is 23.2. The van der Waals surface area contributed by atoms with Gasteiger partial charge in [0.05, 0.1) is 25.5 Å². The Bertz CT molecular complexity index is 311. The van der Waals surface area contributed by atoms with Crippen molar-refractivity contribution in [1.29, 1.82) is 0 Å². The minimum Gasteiger partial charge on any atom is -0.374 e. The van der Waals surface area contributed by atoms with Crippen molar-refractivity contribution >= 4 is 0 Å². The molecule has 1 aliphatic rings. The van der Waals surface area contributed by atoms with Gasteiger partial charge in [-0.1, -0.05) is 6.92 Å². The molecular formula is C11H19N3O. The van der Waals surface area contributed by atoms with Crippen molar-refractivity contribution < 1.29 is 4.74 Å². The topological polar surface area (TPSA) is 30.3 Å². The molecule has 0 bridgehead atoms. The molecule has 4 heteroatoms. The molecule has 2 heterocycles. The van der Waals surface area contributed by atoms with Crippen LogP contribution in [0.15, 0.2) is 12.4 Å². The van der Waals surface area contributed by atoms with Crippen molar-refractivity contribution in [2.75, 3.05) is 26.2 Å². The number of nitrogens with zero attached hydrogens (tertiary/aromatic N) is 3. The second-order valence-corrected chi connectivity index (χ2v) is 4.13. The maximum atomic E-state index is 5.72. The van der Waals surface area contributed by atoms with Crippen LogP contribution in [0.2, 0.25) is 0 Å². The predicted molar refractivity (Wildman–Crippen MR) is 58.8 cm³/mol. The van der Waals surface area contributed by atoms with E-state index in [4.69, 9.17) is 4.74 Å². The van der Waals surface area contributed by atoms with Crippen LogP contribution in [0.1, 0.15) is 12.5 Å². The molecule has 1 aromatic rings. The average Bonchev–Trinajstić information content (AvgIpc) is 2.64. The molecule has 4 nitrogen and oxygen atoms in total. The first kappa shape index (κ1) is 10.6. The van der Waals surface area contributed by atoms with Gasteiger partial charge >= 0.3 is 0 Å². The molecule has 0 amide bonds. The predicted octanol–water partition coefficient (Wildman–Crippen LogP) is 0.912. The molecule has 0 N–H and O–H groups in total. The molecule has 1 fully saturated rings. The first-order valence-electron chi connectivity index (χ1n) is 5.61. The number of rotatable bonds is 3. The highest BCUT2D eigenvalue weighted by Crippen LogP contribution is 2.07. The van der Waals surface area contributed by atoms with Gasteiger partial charge in [0.25, 0.3) is 0 Å². The van der Waals surface area contributed by atoms with Crippen molar-refractivity contribution in [2.45, 2.75) is 26.5 Å². The number of likely N-dealkylation sites (N-methyl/N-ethyl adjacent to an activating group) is 1. The Hall–Kier alpha value is -0.870. The molecule has 0 radical (unpaired) electrons. The first-order valence-corrected chi connectivity index (χ1v) is 5.61. The molecule has 15 heavy (non-hydrogen) atoms. The van der Waals surface area contributed by atoms with Gasteiger partial charge in [-0.3, -0.25) is 9.58 Å². The largest absolute Gasteiger partial charge is 0.374 e. The van der Waals surface area contributed by atoms with Gasteiger partial charge in [0.2, 0.25) is 0 Å². The summed E-state index contributed by atoms with van der Waals surface area (Å²) in [6.45, 7) is 9.16. The van der Waals surface area contributed by atoms with E-state index in [0.717, 1.165) is 32.8 Å². The smallest absolute Gasteiger partial charge is 0.0898 e. The summed E-state index contributed by atoms with van der Waals surface area (Å²) >= 11 is 0. The van der Waals surface area contributed by atoms with Gasteiger partial charge in [-0.15, -0.1) is 0 Å². The van der Waals surface area contributed by atoms with Gasteiger partial charge in [-0.25, -0.2) is 0 Å². The minimum absolute atomic E-state index is 0.290. The summed E-state index contributed by atoms with van der Waals surface area (Å²) in [4.78, 5) is 2.42. The molecule has 84 valence electrons. The molecule has 0 saturated carbocycles. The fourth-order valence-electron chi connectivity index (χ4n) is 1.95. The van der Waals surface area contributed by atoms with Crippen molar-refractivity contribution in [3.8, 4) is 0 Å². The third-order valence-corrected chi connectivity index (χ3v) is 2.82. The van der Waals surface area contributed by atoms with E-state index in [1.165, 1.54) is 5.56 Å². The van der Waals surface area contributed by atoms with Gasteiger partial charge in [-0.2, -0.15) is 5.10 Å². The van der Waals surface area contributed by atoms with E-state index in [1.54, 1.807) is 0 Å². The van der Waals surface area contributed by atoms with E-state index in [0.29, 0.717) is 0 Å². The van der Waals surface area contributed by atoms with Crippen molar-refractivity contribution in [3.05, 3.63) is 18.0 Å². The van der Waals surface area contributed by atoms with Crippen LogP contribution in [0.3, 0.4) is 0 Å². The number of hydrogen-bond donors (Lipinski definition) is 0. The summed E-state index contributed by atoms with van der Waals surface area (Å²) in [7, 11) is 0. The average molecular weight is 209 g/mol. The molecule has 2 rings (SSSR count). The summed E-state index contributed by atoms with van der Waals surface area (Å²) in [5, 5.41) is 4.28. The second-order valence-electron chi connectivity index (χ2n) is 4.13. The Morgan fingerprint density at radius 1 is 1.60 bits per heavy atom. The lowest BCUT2D eigenvalue weighted by Crippen LogP contribution is -2.44. The summed E-state index contributed by atoms with van der Waals surface area (Å²) in [5.41, 5.74) is 1.21. The van der Waals surface area contributed by atoms with E-state index < -0.39 is 0 Å². The van der Waals surface area contributed by atoms with Crippen molar-refractivity contribution in [2.24, 2.45) is 0 Å². The molecule has 0 spiro atoms. The Morgan fingerprint density at radius 2 is 2.47 bits per heavy atom. The monoisotopic (exact) mass is 209 g/mol. The zero-order chi connectivity index (χ0) is 10.7. The van der Waals surface area contributed by atoms with Crippen LogP contribution in [0.4, 0.5) is 0 Å². The lowest BCUT2D eigenvalue weighted by Gasteiger charge is -2.31. The molecule has 1 atom stereocenters. The van der Waals surface area contributed by atoms with Crippen LogP contribution in [-0.4, -0.2) is 47.0 Å². The van der Waals surface area contributed by atoms with Crippen LogP contribution >= 0.6 is 0 Å². The van der Waals surface area contributed by atoms with Crippen LogP contribution < -0.4 is 0 Å². The summed E-state index contributed by atoms with van der Waals surface area (Å²) in [6.07, 6.45) is 4.24. The molecule has 0 aliphatic carbocycles. The number of ether oxygens (including phenoxy) is 1. The highest BCUT2D eigenvalue weighted by molar-refractivity contribution is 4.99. The number of hydrogen-bond acceptors (Lipinski definition) is 3. The maximum Gasteiger partial charge on any atom is 0.0898 e. The SMILES string of the molecule is CCN1CCO[C@@H](Cn2cc(C)cn2)C1. The molecule has 1 aliphatic heterocycles. The van der Waals surface area contributed by atoms with Gasteiger partial charge in [0.1, 0.15) is 0 Å². The van der Waals surface area contributed by atoms with Crippen LogP contribution in [-0.2, 0) is 11.3 Å². The van der Waals surface area contributed by atoms with Gasteiger partial charge in [0, 0.05) is 19.3 Å². The Labute approximate surface area is 90.8 Å². The minimum atomic E-state index is 0.290. The zero-order valence-electron chi connectivity index (χ0n) is 9.52. The third-order valence-electron chi connectivity index (χ3n) is 2.82. The standard InChI is InChI=1S/C11H19N3O/c1-3-13-4-5-15-11(8-13)9-14-7-10(2)6-12-14/h6-7,11H,3-5,8-9H2,1-2H3/t11-/m1/s1. The lowest BCUT2D eigenvalue weighted by molar-refractivity contribution is -0.0358. The molecule has 0 unspecified atom stereocenters. The maximum absolute atomic E-state index is 5.72. The molecule has 0 aromatic carbocycles. The van der Waals surface area contributed by atoms with Crippen LogP contribution in [0, 0.1) is 6.92 Å². The lowest BCUT2D eigenvalue weighted by atomic mass is 10.2. The van der Waals surface area contributed by atoms with Gasteiger partial charge < -0.3 is 4.74 Å². The van der Waals surface area contributed by atoms with E-state index in [1.807, 2.05) is 10.9 Å². The first-order chi connectivity index (χ1) is 7.28. The quantitative estimate of drug-likeness (QED) is 0.741. The van der Waals surface area contributed by atoms with Crippen LogP contribution in [0.5, 0.6) is 0 Å². The number of aromatic nitrogens is 2. The van der Waals surface area contributed by atoms with Crippen molar-refractivity contribution in [1.82, 2.24) is 14.7 Å². The van der Waals surface area contributed by atoms with E-state index in [-0.39, 0.29) is 6.10 Å². The van der Waals surface area contributed by atoms with E-state index >= 15 is 0 Å². The van der Waals surface area contributed by atoms with Gasteiger partial charge in [0.15, 0.2) is 0 Å². The highest BCUT2D eigenvalue weighted by Gasteiger charge is 2.19. The molecule has 1 saturated heterocycles. The summed E-state index contributed by atoms with van der Waals surface area (Å²) in [5.74, 6) is 0. The Morgan fingerprint density at radius 3 is 3.13 bits per heavy atom. The third kappa shape index (κ3) is 2.79. The van der Waals surface area contributed by atoms with Gasteiger partial charge in [-0.05, 0) is 19.0 Å². The van der Waals surface area contributed by atoms with Crippen molar-refractivity contribution in [3.63, 3.8) is 0 Å². The number of aryl methyl sites for hydroxylation is 1. The van der Waals surface area contributed by atoms with E-state index in [9.17, 15) is 0 Å². The zero-order valence-corrected chi connectivity index (χ0v) is 9.52. The molecular weight excluding hydrogens is 190 g/mol. The molecule has 1 aromatic heterocycles. The summed E-state index contributed by atoms with van der Waals surface area (Å²) < 4.78 is 7.69. The Balaban J connectivity index is 1.88. The fraction of sp³-hybridized carbons (Fsp3) is 0.727. The number of morpholine rings is 1. The summed E-state index contributed by atoms with van der Waals surface area (Å²) in [6, 6.07) is 0. The Kier molecular flexibility index (Phi) is 3.38. The van der Waals surface area contributed by atoms with Crippen LogP contribution in [0.25, 0.3) is 0 Å². The second kappa shape index (κ2) is 4.77. The highest BCUT2D eigenvalue weighted by atomic mass is 16.5. The van der Waals surface area contributed by atoms with E-state index in [2.05, 4.69) is 30.0 Å².